The SMILES string of the molecule is COc1ccc(C2=NCC(=O)N(CC(=O)N(c3ccccc3)c3ccccc3)c3sc4c(c32)CCCC4)cc1OC. The predicted molar refractivity (Wildman–Crippen MR) is 163 cm³/mol. The van der Waals surface area contributed by atoms with Crippen molar-refractivity contribution >= 4 is 45.2 Å². The Morgan fingerprint density at radius 3 is 2.22 bits per heavy atom. The van der Waals surface area contributed by atoms with Crippen molar-refractivity contribution in [2.75, 3.05) is 37.1 Å². The van der Waals surface area contributed by atoms with Crippen molar-refractivity contribution in [1.82, 2.24) is 0 Å². The molecule has 2 aliphatic rings. The van der Waals surface area contributed by atoms with Crippen LogP contribution in [0.2, 0.25) is 0 Å². The highest BCUT2D eigenvalue weighted by atomic mass is 32.1. The van der Waals surface area contributed by atoms with Crippen LogP contribution in [0, 0.1) is 0 Å². The molecule has 1 aromatic heterocycles. The number of anilines is 3. The number of hydrogen-bond acceptors (Lipinski definition) is 6. The molecular formula is C33H31N3O4S. The molecule has 0 bridgehead atoms. The second-order valence-electron chi connectivity index (χ2n) is 10.0. The average molecular weight is 566 g/mol. The number of carbonyl (C=O) groups excluding carboxylic acids is 2. The molecule has 208 valence electrons. The van der Waals surface area contributed by atoms with Gasteiger partial charge in [0.1, 0.15) is 18.1 Å². The minimum atomic E-state index is -0.199. The molecular weight excluding hydrogens is 534 g/mol. The third-order valence-electron chi connectivity index (χ3n) is 7.54. The Bertz CT molecular complexity index is 1570. The zero-order chi connectivity index (χ0) is 28.3. The van der Waals surface area contributed by atoms with Crippen LogP contribution in [0.3, 0.4) is 0 Å². The highest BCUT2D eigenvalue weighted by Gasteiger charge is 2.34. The summed E-state index contributed by atoms with van der Waals surface area (Å²) >= 11 is 1.62. The van der Waals surface area contributed by atoms with Crippen molar-refractivity contribution in [2.24, 2.45) is 4.99 Å². The van der Waals surface area contributed by atoms with E-state index in [9.17, 15) is 9.59 Å². The molecule has 8 heteroatoms. The fourth-order valence-electron chi connectivity index (χ4n) is 5.59. The fourth-order valence-corrected chi connectivity index (χ4v) is 6.99. The van der Waals surface area contributed by atoms with Gasteiger partial charge in [-0.05, 0) is 73.7 Å². The van der Waals surface area contributed by atoms with E-state index in [1.165, 1.54) is 10.4 Å². The Labute approximate surface area is 243 Å². The molecule has 0 spiro atoms. The Hall–Kier alpha value is -4.43. The van der Waals surface area contributed by atoms with Crippen molar-refractivity contribution in [3.8, 4) is 11.5 Å². The number of aryl methyl sites for hydroxylation is 1. The summed E-state index contributed by atoms with van der Waals surface area (Å²) in [4.78, 5) is 37.3. The van der Waals surface area contributed by atoms with Gasteiger partial charge in [0.2, 0.25) is 5.91 Å². The van der Waals surface area contributed by atoms with E-state index in [2.05, 4.69) is 0 Å². The first-order valence-corrected chi connectivity index (χ1v) is 14.6. The second kappa shape index (κ2) is 11.6. The molecule has 0 radical (unpaired) electrons. The smallest absolute Gasteiger partial charge is 0.251 e. The molecule has 4 aromatic rings. The number of rotatable bonds is 7. The van der Waals surface area contributed by atoms with E-state index >= 15 is 0 Å². The van der Waals surface area contributed by atoms with Gasteiger partial charge < -0.3 is 9.47 Å². The molecule has 0 N–H and O–H groups in total. The zero-order valence-corrected chi connectivity index (χ0v) is 23.9. The molecule has 6 rings (SSSR count). The quantitative estimate of drug-likeness (QED) is 0.268. The third kappa shape index (κ3) is 5.11. The lowest BCUT2D eigenvalue weighted by molar-refractivity contribution is -0.121. The number of nitrogens with zero attached hydrogens (tertiary/aromatic N) is 3. The lowest BCUT2D eigenvalue weighted by Gasteiger charge is -2.27. The number of fused-ring (bicyclic) bond motifs is 3. The average Bonchev–Trinajstić information content (AvgIpc) is 3.34. The molecule has 2 amide bonds. The number of ether oxygens (including phenoxy) is 2. The van der Waals surface area contributed by atoms with Gasteiger partial charge in [-0.3, -0.25) is 24.4 Å². The van der Waals surface area contributed by atoms with Gasteiger partial charge in [-0.2, -0.15) is 0 Å². The highest BCUT2D eigenvalue weighted by molar-refractivity contribution is 7.17. The van der Waals surface area contributed by atoms with Crippen LogP contribution >= 0.6 is 11.3 Å². The zero-order valence-electron chi connectivity index (χ0n) is 23.1. The molecule has 0 fully saturated rings. The molecule has 3 aromatic carbocycles. The molecule has 1 aliphatic carbocycles. The van der Waals surface area contributed by atoms with Gasteiger partial charge in [-0.25, -0.2) is 0 Å². The van der Waals surface area contributed by atoms with Crippen molar-refractivity contribution < 1.29 is 19.1 Å². The standard InChI is InChI=1S/C33H31N3O4S/c1-39-26-18-17-22(19-27(26)40-2)32-31-25-15-9-10-16-28(25)41-33(31)35(29(37)20-34-32)21-30(38)36(23-11-5-3-6-12-23)24-13-7-4-8-14-24/h3-8,11-14,17-19H,9-10,15-16,20-21H2,1-2H3. The van der Waals surface area contributed by atoms with Crippen LogP contribution in [0.5, 0.6) is 11.5 Å². The molecule has 1 aliphatic heterocycles. The Kier molecular flexibility index (Phi) is 7.57. The number of para-hydroxylation sites is 2. The lowest BCUT2D eigenvalue weighted by Crippen LogP contribution is -2.42. The number of methoxy groups -OCH3 is 2. The van der Waals surface area contributed by atoms with E-state index in [0.29, 0.717) is 11.5 Å². The molecule has 41 heavy (non-hydrogen) atoms. The Morgan fingerprint density at radius 2 is 1.56 bits per heavy atom. The van der Waals surface area contributed by atoms with Gasteiger partial charge in [0, 0.05) is 27.4 Å². The maximum Gasteiger partial charge on any atom is 0.251 e. The maximum absolute atomic E-state index is 14.1. The summed E-state index contributed by atoms with van der Waals surface area (Å²) in [7, 11) is 3.21. The van der Waals surface area contributed by atoms with Crippen LogP contribution < -0.4 is 19.3 Å². The van der Waals surface area contributed by atoms with Crippen molar-refractivity contribution in [3.05, 3.63) is 100 Å². The molecule has 7 nitrogen and oxygen atoms in total. The Morgan fingerprint density at radius 1 is 0.902 bits per heavy atom. The van der Waals surface area contributed by atoms with Crippen molar-refractivity contribution in [1.29, 1.82) is 0 Å². The summed E-state index contributed by atoms with van der Waals surface area (Å²) in [6.07, 6.45) is 4.07. The minimum absolute atomic E-state index is 0.0518. The normalized spacial score (nSPS) is 14.4. The van der Waals surface area contributed by atoms with E-state index in [1.807, 2.05) is 78.9 Å². The number of aliphatic imine (C=N–C) groups is 1. The Balaban J connectivity index is 1.43. The van der Waals surface area contributed by atoms with E-state index in [0.717, 1.165) is 58.9 Å². The lowest BCUT2D eigenvalue weighted by atomic mass is 9.91. The van der Waals surface area contributed by atoms with Crippen LogP contribution in [0.1, 0.15) is 34.4 Å². The maximum atomic E-state index is 14.1. The first kappa shape index (κ1) is 26.8. The largest absolute Gasteiger partial charge is 0.493 e. The number of amides is 2. The molecule has 0 saturated heterocycles. The van der Waals surface area contributed by atoms with Gasteiger partial charge >= 0.3 is 0 Å². The fraction of sp³-hybridized carbons (Fsp3) is 0.242. The van der Waals surface area contributed by atoms with Gasteiger partial charge in [0.25, 0.3) is 5.91 Å². The van der Waals surface area contributed by atoms with Crippen molar-refractivity contribution in [2.45, 2.75) is 25.7 Å². The minimum Gasteiger partial charge on any atom is -0.493 e. The van der Waals surface area contributed by atoms with Crippen LogP contribution in [0.15, 0.2) is 83.9 Å². The summed E-state index contributed by atoms with van der Waals surface area (Å²) in [5.74, 6) is 0.836. The van der Waals surface area contributed by atoms with E-state index in [4.69, 9.17) is 14.5 Å². The number of carbonyl (C=O) groups is 2. The van der Waals surface area contributed by atoms with Crippen LogP contribution in [0.25, 0.3) is 0 Å². The number of benzene rings is 3. The molecule has 2 heterocycles. The molecule has 0 atom stereocenters. The summed E-state index contributed by atoms with van der Waals surface area (Å²) in [6, 6.07) is 24.8. The van der Waals surface area contributed by atoms with Gasteiger partial charge in [0.15, 0.2) is 11.5 Å². The van der Waals surface area contributed by atoms with Gasteiger partial charge in [0.05, 0.1) is 19.9 Å². The molecule has 0 unspecified atom stereocenters. The predicted octanol–water partition coefficient (Wildman–Crippen LogP) is 6.19. The molecule has 0 saturated carbocycles. The van der Waals surface area contributed by atoms with Crippen LogP contribution in [-0.2, 0) is 22.4 Å². The van der Waals surface area contributed by atoms with Crippen LogP contribution in [0.4, 0.5) is 16.4 Å². The van der Waals surface area contributed by atoms with Gasteiger partial charge in [-0.15, -0.1) is 11.3 Å². The highest BCUT2D eigenvalue weighted by Crippen LogP contribution is 2.43. The van der Waals surface area contributed by atoms with E-state index in [1.54, 1.807) is 35.4 Å². The number of thiophene rings is 1. The summed E-state index contributed by atoms with van der Waals surface area (Å²) in [6.45, 7) is -0.145. The summed E-state index contributed by atoms with van der Waals surface area (Å²) < 4.78 is 11.0. The number of hydrogen-bond donors (Lipinski definition) is 0. The van der Waals surface area contributed by atoms with Crippen LogP contribution in [-0.4, -0.2) is 44.8 Å². The second-order valence-corrected chi connectivity index (χ2v) is 11.1. The topological polar surface area (TPSA) is 71.4 Å². The summed E-state index contributed by atoms with van der Waals surface area (Å²) in [5, 5.41) is 0.794. The van der Waals surface area contributed by atoms with E-state index in [-0.39, 0.29) is 24.9 Å². The first-order valence-electron chi connectivity index (χ1n) is 13.7. The van der Waals surface area contributed by atoms with Gasteiger partial charge in [-0.1, -0.05) is 36.4 Å². The van der Waals surface area contributed by atoms with E-state index < -0.39 is 0 Å². The third-order valence-corrected chi connectivity index (χ3v) is 8.85. The van der Waals surface area contributed by atoms with Crippen molar-refractivity contribution in [3.63, 3.8) is 0 Å². The monoisotopic (exact) mass is 565 g/mol. The first-order chi connectivity index (χ1) is 20.1. The summed E-state index contributed by atoms with van der Waals surface area (Å²) in [5.41, 5.74) is 5.30.